The lowest BCUT2D eigenvalue weighted by molar-refractivity contribution is -0.121. The van der Waals surface area contributed by atoms with Gasteiger partial charge in [0.05, 0.1) is 38.8 Å². The number of fused-ring (bicyclic) bond motifs is 1. The van der Waals surface area contributed by atoms with E-state index < -0.39 is 11.8 Å². The van der Waals surface area contributed by atoms with Crippen LogP contribution in [-0.4, -0.2) is 43.3 Å². The number of hydrogen-bond acceptors (Lipinski definition) is 7. The normalized spacial score (nSPS) is 10.4. The summed E-state index contributed by atoms with van der Waals surface area (Å²) < 4.78 is 15.6. The molecule has 0 fully saturated rings. The predicted molar refractivity (Wildman–Crippen MR) is 108 cm³/mol. The van der Waals surface area contributed by atoms with Crippen LogP contribution in [0, 0.1) is 0 Å². The first kappa shape index (κ1) is 20.6. The van der Waals surface area contributed by atoms with Gasteiger partial charge in [0.25, 0.3) is 11.5 Å². The van der Waals surface area contributed by atoms with Crippen molar-refractivity contribution >= 4 is 22.6 Å². The fourth-order valence-electron chi connectivity index (χ4n) is 2.91. The molecule has 0 aliphatic heterocycles. The minimum Gasteiger partial charge on any atom is -0.493 e. The fraction of sp³-hybridized carbons (Fsp3) is 0.200. The molecule has 0 bridgehead atoms. The molecule has 2 amide bonds. The Morgan fingerprint density at radius 2 is 1.60 bits per heavy atom. The molecule has 30 heavy (non-hydrogen) atoms. The molecule has 0 aliphatic carbocycles. The van der Waals surface area contributed by atoms with Crippen LogP contribution >= 0.6 is 0 Å². The topological polar surface area (TPSA) is 132 Å². The Morgan fingerprint density at radius 3 is 2.20 bits per heavy atom. The van der Waals surface area contributed by atoms with Crippen molar-refractivity contribution in [2.24, 2.45) is 0 Å². The van der Waals surface area contributed by atoms with Crippen LogP contribution in [0.5, 0.6) is 17.2 Å². The van der Waals surface area contributed by atoms with E-state index in [1.54, 1.807) is 24.3 Å². The zero-order valence-electron chi connectivity index (χ0n) is 16.6. The Hall–Kier alpha value is -4.08. The molecule has 0 saturated heterocycles. The quantitative estimate of drug-likeness (QED) is 0.514. The number of nitrogens with one attached hydrogen (secondary N) is 3. The van der Waals surface area contributed by atoms with E-state index in [2.05, 4.69) is 21.0 Å². The maximum atomic E-state index is 12.5. The Bertz CT molecular complexity index is 1130. The Balaban J connectivity index is 1.72. The van der Waals surface area contributed by atoms with Gasteiger partial charge >= 0.3 is 0 Å². The lowest BCUT2D eigenvalue weighted by atomic mass is 10.1. The Kier molecular flexibility index (Phi) is 6.16. The molecule has 10 heteroatoms. The van der Waals surface area contributed by atoms with Crippen LogP contribution in [0.2, 0.25) is 0 Å². The minimum absolute atomic E-state index is 0.146. The average molecular weight is 412 g/mol. The highest BCUT2D eigenvalue weighted by molar-refractivity contribution is 5.97. The molecule has 0 saturated carbocycles. The number of methoxy groups -OCH3 is 3. The van der Waals surface area contributed by atoms with Crippen LogP contribution in [0.25, 0.3) is 10.8 Å². The van der Waals surface area contributed by atoms with Gasteiger partial charge in [0.15, 0.2) is 11.5 Å². The van der Waals surface area contributed by atoms with Crippen molar-refractivity contribution in [1.29, 1.82) is 0 Å². The van der Waals surface area contributed by atoms with Gasteiger partial charge in [-0.05, 0) is 18.2 Å². The van der Waals surface area contributed by atoms with Gasteiger partial charge < -0.3 is 14.2 Å². The number of hydrogen-bond donors (Lipinski definition) is 3. The van der Waals surface area contributed by atoms with Gasteiger partial charge in [0, 0.05) is 10.9 Å². The smallest absolute Gasteiger partial charge is 0.272 e. The molecule has 3 N–H and O–H groups in total. The van der Waals surface area contributed by atoms with E-state index in [4.69, 9.17) is 14.2 Å². The van der Waals surface area contributed by atoms with Crippen molar-refractivity contribution in [3.8, 4) is 17.2 Å². The summed E-state index contributed by atoms with van der Waals surface area (Å²) in [5.41, 5.74) is 4.89. The molecular formula is C20H20N4O6. The maximum absolute atomic E-state index is 12.5. The average Bonchev–Trinajstić information content (AvgIpc) is 2.78. The first-order chi connectivity index (χ1) is 14.5. The molecule has 10 nitrogen and oxygen atoms in total. The van der Waals surface area contributed by atoms with Crippen molar-refractivity contribution < 1.29 is 23.8 Å². The van der Waals surface area contributed by atoms with Crippen LogP contribution in [0.4, 0.5) is 0 Å². The molecular weight excluding hydrogens is 392 g/mol. The third-order valence-electron chi connectivity index (χ3n) is 4.35. The van der Waals surface area contributed by atoms with Crippen LogP contribution in [0.1, 0.15) is 16.1 Å². The second kappa shape index (κ2) is 8.95. The van der Waals surface area contributed by atoms with Gasteiger partial charge in [0.2, 0.25) is 11.7 Å². The van der Waals surface area contributed by atoms with Gasteiger partial charge in [-0.2, -0.15) is 5.10 Å². The number of hydrazine groups is 1. The number of carbonyl (C=O) groups excluding carboxylic acids is 2. The molecule has 0 aliphatic rings. The lowest BCUT2D eigenvalue weighted by Gasteiger charge is -2.14. The molecule has 3 rings (SSSR count). The Labute approximate surface area is 171 Å². The van der Waals surface area contributed by atoms with E-state index in [0.29, 0.717) is 33.7 Å². The van der Waals surface area contributed by atoms with Crippen molar-refractivity contribution in [3.63, 3.8) is 0 Å². The van der Waals surface area contributed by atoms with Gasteiger partial charge in [0.1, 0.15) is 0 Å². The van der Waals surface area contributed by atoms with Crippen molar-refractivity contribution in [2.45, 2.75) is 6.42 Å². The van der Waals surface area contributed by atoms with Gasteiger partial charge in [-0.15, -0.1) is 0 Å². The zero-order chi connectivity index (χ0) is 21.7. The number of benzene rings is 2. The van der Waals surface area contributed by atoms with Gasteiger partial charge in [-0.3, -0.25) is 25.2 Å². The summed E-state index contributed by atoms with van der Waals surface area (Å²) in [5.74, 6) is -0.145. The molecule has 0 radical (unpaired) electrons. The predicted octanol–water partition coefficient (Wildman–Crippen LogP) is 0.953. The third-order valence-corrected chi connectivity index (χ3v) is 4.35. The molecule has 0 unspecified atom stereocenters. The Morgan fingerprint density at radius 1 is 0.967 bits per heavy atom. The van der Waals surface area contributed by atoms with Crippen molar-refractivity contribution in [1.82, 2.24) is 21.0 Å². The molecule has 0 spiro atoms. The highest BCUT2D eigenvalue weighted by atomic mass is 16.5. The summed E-state index contributed by atoms with van der Waals surface area (Å²) in [5, 5.41) is 7.29. The fourth-order valence-corrected chi connectivity index (χ4v) is 2.91. The summed E-state index contributed by atoms with van der Waals surface area (Å²) in [4.78, 5) is 36.6. The summed E-state index contributed by atoms with van der Waals surface area (Å²) in [6.45, 7) is 0. The van der Waals surface area contributed by atoms with Gasteiger partial charge in [-0.25, -0.2) is 5.10 Å². The van der Waals surface area contributed by atoms with Crippen LogP contribution in [-0.2, 0) is 11.2 Å². The standard InChI is InChI=1S/C20H20N4O6/c1-28-15-8-11(9-16(29-2)18(15)30-3)19(26)23-22-17(25)10-14-12-6-4-5-7-13(12)20(27)24-21-14/h4-9H,10H2,1-3H3,(H,22,25)(H,23,26)(H,24,27). The monoisotopic (exact) mass is 412 g/mol. The number of aromatic nitrogens is 2. The van der Waals surface area contributed by atoms with Crippen LogP contribution in [0.3, 0.4) is 0 Å². The molecule has 3 aromatic rings. The molecule has 0 atom stereocenters. The van der Waals surface area contributed by atoms with E-state index in [-0.39, 0.29) is 17.5 Å². The number of amides is 2. The van der Waals surface area contributed by atoms with E-state index in [9.17, 15) is 14.4 Å². The second-order valence-corrected chi connectivity index (χ2v) is 6.14. The number of H-pyrrole nitrogens is 1. The largest absolute Gasteiger partial charge is 0.493 e. The van der Waals surface area contributed by atoms with Crippen LogP contribution < -0.4 is 30.6 Å². The number of aromatic amines is 1. The van der Waals surface area contributed by atoms with E-state index in [1.165, 1.54) is 33.5 Å². The lowest BCUT2D eigenvalue weighted by Crippen LogP contribution is -2.42. The second-order valence-electron chi connectivity index (χ2n) is 6.14. The number of nitrogens with zero attached hydrogens (tertiary/aromatic N) is 1. The zero-order valence-corrected chi connectivity index (χ0v) is 16.6. The highest BCUT2D eigenvalue weighted by Crippen LogP contribution is 2.38. The minimum atomic E-state index is -0.582. The molecule has 1 heterocycles. The molecule has 2 aromatic carbocycles. The van der Waals surface area contributed by atoms with E-state index >= 15 is 0 Å². The highest BCUT2D eigenvalue weighted by Gasteiger charge is 2.18. The summed E-state index contributed by atoms with van der Waals surface area (Å²) >= 11 is 0. The number of carbonyl (C=O) groups is 2. The first-order valence-corrected chi connectivity index (χ1v) is 8.84. The molecule has 1 aromatic heterocycles. The third kappa shape index (κ3) is 4.17. The summed E-state index contributed by atoms with van der Waals surface area (Å²) in [7, 11) is 4.32. The van der Waals surface area contributed by atoms with Gasteiger partial charge in [-0.1, -0.05) is 18.2 Å². The van der Waals surface area contributed by atoms with Crippen molar-refractivity contribution in [2.75, 3.05) is 21.3 Å². The van der Waals surface area contributed by atoms with E-state index in [0.717, 1.165) is 0 Å². The van der Waals surface area contributed by atoms with Crippen LogP contribution in [0.15, 0.2) is 41.2 Å². The van der Waals surface area contributed by atoms with E-state index in [1.807, 2.05) is 0 Å². The van der Waals surface area contributed by atoms with Crippen molar-refractivity contribution in [3.05, 3.63) is 58.0 Å². The summed E-state index contributed by atoms with van der Waals surface area (Å²) in [6, 6.07) is 9.73. The molecule has 156 valence electrons. The SMILES string of the molecule is COc1cc(C(=O)NNC(=O)Cc2n[nH]c(=O)c3ccccc23)cc(OC)c1OC. The first-order valence-electron chi connectivity index (χ1n) is 8.84. The maximum Gasteiger partial charge on any atom is 0.272 e. The number of ether oxygens (including phenoxy) is 3. The summed E-state index contributed by atoms with van der Waals surface area (Å²) in [6.07, 6.45) is -0.146. The number of rotatable bonds is 6.